The van der Waals surface area contributed by atoms with Gasteiger partial charge in [0.15, 0.2) is 5.78 Å². The molecule has 8 rings (SSSR count). The van der Waals surface area contributed by atoms with Crippen LogP contribution in [0.5, 0.6) is 17.2 Å². The number of likely N-dealkylation sites (N-methyl/N-ethyl adjacent to an activating group) is 1. The average molecular weight is 1150 g/mol. The van der Waals surface area contributed by atoms with Gasteiger partial charge in [-0.1, -0.05) is 30.7 Å². The van der Waals surface area contributed by atoms with Crippen molar-refractivity contribution >= 4 is 68.2 Å². The van der Waals surface area contributed by atoms with Gasteiger partial charge in [-0.3, -0.25) is 29.4 Å². The summed E-state index contributed by atoms with van der Waals surface area (Å²) in [5.41, 5.74) is 5.35. The van der Waals surface area contributed by atoms with Gasteiger partial charge in [0.25, 0.3) is 5.91 Å². The number of ketones is 1. The lowest BCUT2D eigenvalue weighted by molar-refractivity contribution is -0.136. The molecule has 430 valence electrons. The Morgan fingerprint density at radius 2 is 1.36 bits per heavy atom. The number of nitrogens with one attached hydrogen (secondary N) is 3. The molecule has 2 aliphatic rings. The van der Waals surface area contributed by atoms with E-state index >= 15 is 0 Å². The fraction of sp³-hybridized carbons (Fsp3) is 0.383. The number of carbonyl (C=O) groups is 5. The summed E-state index contributed by atoms with van der Waals surface area (Å²) in [7, 11) is 0. The number of fused-ring (bicyclic) bond motifs is 2. The second kappa shape index (κ2) is 30.7. The van der Waals surface area contributed by atoms with Crippen molar-refractivity contribution in [3.05, 3.63) is 142 Å². The van der Waals surface area contributed by atoms with E-state index in [4.69, 9.17) is 44.8 Å². The molecule has 0 bridgehead atoms. The highest BCUT2D eigenvalue weighted by atomic mass is 35.5. The molecule has 1 saturated heterocycles. The van der Waals surface area contributed by atoms with E-state index in [1.807, 2.05) is 18.2 Å². The second-order valence-corrected chi connectivity index (χ2v) is 20.6. The molecule has 1 aromatic heterocycles. The summed E-state index contributed by atoms with van der Waals surface area (Å²) >= 11 is 7.79. The number of ether oxygens (including phenoxy) is 7. The third kappa shape index (κ3) is 17.8. The molecule has 1 unspecified atom stereocenters. The van der Waals surface area contributed by atoms with Gasteiger partial charge in [0.05, 0.1) is 79.3 Å². The van der Waals surface area contributed by atoms with E-state index in [0.717, 1.165) is 50.3 Å². The van der Waals surface area contributed by atoms with E-state index in [1.165, 1.54) is 16.2 Å². The number of benzene rings is 5. The normalized spacial score (nSPS) is 14.2. The summed E-state index contributed by atoms with van der Waals surface area (Å²) in [6, 6.07) is 28.4. The van der Waals surface area contributed by atoms with E-state index in [2.05, 4.69) is 27.8 Å². The van der Waals surface area contributed by atoms with Crippen molar-refractivity contribution in [2.24, 2.45) is 0 Å². The molecule has 1 fully saturated rings. The number of phenolic OH excluding ortho intramolecular Hbond substituents is 2. The van der Waals surface area contributed by atoms with Gasteiger partial charge in [0, 0.05) is 75.0 Å². The largest absolute Gasteiger partial charge is 0.508 e. The lowest BCUT2D eigenvalue weighted by Gasteiger charge is -2.29. The maximum Gasteiger partial charge on any atom is 0.319 e. The number of phenols is 2. The number of halogens is 1. The summed E-state index contributed by atoms with van der Waals surface area (Å²) in [6.07, 6.45) is 1.05. The molecule has 0 spiro atoms. The Morgan fingerprint density at radius 1 is 0.716 bits per heavy atom. The molecule has 5 aromatic carbocycles. The van der Waals surface area contributed by atoms with Gasteiger partial charge >= 0.3 is 6.03 Å². The van der Waals surface area contributed by atoms with Crippen molar-refractivity contribution in [3.63, 3.8) is 0 Å². The predicted molar refractivity (Wildman–Crippen MR) is 306 cm³/mol. The second-order valence-electron chi connectivity index (χ2n) is 19.1. The van der Waals surface area contributed by atoms with Crippen LogP contribution >= 0.6 is 22.9 Å². The van der Waals surface area contributed by atoms with Crippen LogP contribution in [0, 0.1) is 0 Å². The van der Waals surface area contributed by atoms with Gasteiger partial charge in [-0.2, -0.15) is 0 Å². The van der Waals surface area contributed by atoms with Crippen LogP contribution in [-0.4, -0.2) is 161 Å². The van der Waals surface area contributed by atoms with Crippen LogP contribution in [0.15, 0.2) is 103 Å². The van der Waals surface area contributed by atoms with Gasteiger partial charge in [-0.05, 0) is 133 Å². The summed E-state index contributed by atoms with van der Waals surface area (Å²) < 4.78 is 40.8. The number of urea groups is 1. The van der Waals surface area contributed by atoms with E-state index < -0.39 is 18.0 Å². The Hall–Kier alpha value is -6.98. The lowest BCUT2D eigenvalue weighted by Crippen LogP contribution is -2.52. The van der Waals surface area contributed by atoms with Crippen LogP contribution in [0.3, 0.4) is 0 Å². The molecule has 81 heavy (non-hydrogen) atoms. The molecule has 6 aromatic rings. The number of aromatic hydroxyl groups is 2. The number of rotatable bonds is 33. The number of imide groups is 1. The Morgan fingerprint density at radius 3 is 2.02 bits per heavy atom. The third-order valence-electron chi connectivity index (χ3n) is 13.5. The molecule has 1 atom stereocenters. The number of piperidine rings is 1. The van der Waals surface area contributed by atoms with E-state index in [1.54, 1.807) is 84.9 Å². The van der Waals surface area contributed by atoms with Gasteiger partial charge in [-0.25, -0.2) is 4.79 Å². The van der Waals surface area contributed by atoms with Gasteiger partial charge in [-0.15, -0.1) is 11.3 Å². The first-order valence-electron chi connectivity index (χ1n) is 27.0. The molecule has 0 saturated carbocycles. The summed E-state index contributed by atoms with van der Waals surface area (Å²) in [6.45, 7) is 10.7. The first-order valence-corrected chi connectivity index (χ1v) is 28.2. The molecular formula is C60H68ClN5O14S. The highest BCUT2D eigenvalue weighted by Gasteiger charge is 2.39. The third-order valence-corrected chi connectivity index (χ3v) is 14.9. The predicted octanol–water partition coefficient (Wildman–Crippen LogP) is 7.99. The summed E-state index contributed by atoms with van der Waals surface area (Å²) in [5, 5.41) is 29.1. The number of thiophene rings is 1. The molecule has 2 aliphatic heterocycles. The number of nitrogens with zero attached hydrogens (tertiary/aromatic N) is 2. The first-order chi connectivity index (χ1) is 39.4. The number of hydrogen-bond donors (Lipinski definition) is 5. The van der Waals surface area contributed by atoms with Crippen LogP contribution in [0.4, 0.5) is 10.5 Å². The summed E-state index contributed by atoms with van der Waals surface area (Å²) in [4.78, 5) is 68.2. The van der Waals surface area contributed by atoms with Crippen molar-refractivity contribution in [1.82, 2.24) is 20.4 Å². The Kier molecular flexibility index (Phi) is 22.8. The standard InChI is InChI=1S/C60H68ClN5O14S/c1-2-65(19-22-80-49-11-6-42(7-12-49)56(70)55-51-14-10-48(68)37-53(51)81-57(55)43-4-8-47(67)9-5-43)18-21-75-24-26-77-28-30-79-32-31-78-29-27-76-25-23-74-20-17-40-34-45(61)36-46(35-40)63-60(73)62-38-41-3-13-50-44(33-41)39-66(59(50)72)52-15-16-54(69)64-58(52)71/h3-14,33-37,52,67-68H,2,15-32,38-39H2,1H3,(H2,62,63,73)(H,64,69,71). The Bertz CT molecular complexity index is 3090. The van der Waals surface area contributed by atoms with Crippen LogP contribution < -0.4 is 20.7 Å². The van der Waals surface area contributed by atoms with E-state index in [-0.39, 0.29) is 55.0 Å². The highest BCUT2D eigenvalue weighted by molar-refractivity contribution is 7.22. The lowest BCUT2D eigenvalue weighted by atomic mass is 9.97. The summed E-state index contributed by atoms with van der Waals surface area (Å²) in [5.74, 6) is -0.256. The van der Waals surface area contributed by atoms with Gasteiger partial charge in [0.1, 0.15) is 29.9 Å². The molecular weight excluding hydrogens is 1080 g/mol. The smallest absolute Gasteiger partial charge is 0.319 e. The average Bonchev–Trinajstić information content (AvgIpc) is 4.24. The first kappa shape index (κ1) is 60.1. The Balaban J connectivity index is 0.590. The van der Waals surface area contributed by atoms with Crippen LogP contribution in [-0.2, 0) is 57.5 Å². The zero-order valence-corrected chi connectivity index (χ0v) is 46.8. The number of anilines is 1. The zero-order valence-electron chi connectivity index (χ0n) is 45.2. The van der Waals surface area contributed by atoms with Crippen molar-refractivity contribution in [2.45, 2.75) is 45.3 Å². The number of amides is 5. The topological polar surface area (TPSA) is 233 Å². The van der Waals surface area contributed by atoms with E-state index in [0.29, 0.717) is 132 Å². The fourth-order valence-electron chi connectivity index (χ4n) is 9.24. The SMILES string of the molecule is CCN(CCOCCOCCOCCOCCOCCOCCc1cc(Cl)cc(NC(=O)NCc2ccc3c(c2)CN(C2CCC(=O)NC2=O)C3=O)c1)CCOc1ccc(C(=O)c2c(-c3ccc(O)cc3)sc3cc(O)ccc23)cc1. The van der Waals surface area contributed by atoms with Crippen molar-refractivity contribution in [2.75, 3.05) is 111 Å². The molecule has 0 radical (unpaired) electrons. The van der Waals surface area contributed by atoms with Crippen molar-refractivity contribution in [3.8, 4) is 27.7 Å². The molecule has 5 N–H and O–H groups in total. The minimum Gasteiger partial charge on any atom is -0.508 e. The maximum atomic E-state index is 13.9. The van der Waals surface area contributed by atoms with Crippen LogP contribution in [0.25, 0.3) is 20.5 Å². The van der Waals surface area contributed by atoms with Crippen LogP contribution in [0.1, 0.15) is 62.7 Å². The van der Waals surface area contributed by atoms with Crippen LogP contribution in [0.2, 0.25) is 5.02 Å². The number of hydrogen-bond acceptors (Lipinski definition) is 16. The molecule has 21 heteroatoms. The molecule has 19 nitrogen and oxygen atoms in total. The van der Waals surface area contributed by atoms with Gasteiger partial charge in [0.2, 0.25) is 11.8 Å². The highest BCUT2D eigenvalue weighted by Crippen LogP contribution is 2.41. The van der Waals surface area contributed by atoms with Crippen molar-refractivity contribution in [1.29, 1.82) is 0 Å². The molecule has 0 aliphatic carbocycles. The zero-order chi connectivity index (χ0) is 56.9. The monoisotopic (exact) mass is 1150 g/mol. The maximum absolute atomic E-state index is 13.9. The van der Waals surface area contributed by atoms with E-state index in [9.17, 15) is 34.2 Å². The molecule has 3 heterocycles. The van der Waals surface area contributed by atoms with Crippen molar-refractivity contribution < 1.29 is 67.3 Å². The minimum atomic E-state index is -0.692. The quantitative estimate of drug-likeness (QED) is 0.0149. The Labute approximate surface area is 479 Å². The minimum absolute atomic E-state index is 0.129. The fourth-order valence-corrected chi connectivity index (χ4v) is 10.7. The van der Waals surface area contributed by atoms with Gasteiger partial charge < -0.3 is 58.9 Å². The number of carbonyl (C=O) groups excluding carboxylic acids is 5. The molecule has 5 amide bonds.